The van der Waals surface area contributed by atoms with Gasteiger partial charge in [-0.2, -0.15) is 0 Å². The Morgan fingerprint density at radius 1 is 1.06 bits per heavy atom. The molecule has 0 saturated carbocycles. The number of carbonyl (C=O) groups excluding carboxylic acids is 1. The summed E-state index contributed by atoms with van der Waals surface area (Å²) in [5, 5.41) is 0. The number of pyridine rings is 1. The number of nitrogens with zero attached hydrogens (tertiary/aromatic N) is 3. The Bertz CT molecular complexity index is 962. The quantitative estimate of drug-likeness (QED) is 0.709. The molecule has 0 radical (unpaired) electrons. The standard InChI is InChI=1S/C23H32N4O3S/c1-23(2,3)20-6-8-21(9-7-20)31(29,30)25-12-10-22(28)27-15-13-26(14-16-27)18-19-5-4-11-24-17-19/h4-9,11,17,25H,10,12-16,18H2,1-3H3. The molecular weight excluding hydrogens is 412 g/mol. The second-order valence-electron chi connectivity index (χ2n) is 8.94. The van der Waals surface area contributed by atoms with E-state index in [9.17, 15) is 13.2 Å². The molecule has 8 heteroatoms. The smallest absolute Gasteiger partial charge is 0.240 e. The van der Waals surface area contributed by atoms with E-state index in [4.69, 9.17) is 0 Å². The summed E-state index contributed by atoms with van der Waals surface area (Å²) in [7, 11) is -3.63. The van der Waals surface area contributed by atoms with Crippen LogP contribution in [0.1, 0.15) is 38.3 Å². The summed E-state index contributed by atoms with van der Waals surface area (Å²) in [5.41, 5.74) is 2.20. The SMILES string of the molecule is CC(C)(C)c1ccc(S(=O)(=O)NCCC(=O)N2CCN(Cc3cccnc3)CC2)cc1. The molecule has 2 aromatic rings. The molecule has 1 aliphatic heterocycles. The lowest BCUT2D eigenvalue weighted by Gasteiger charge is -2.34. The van der Waals surface area contributed by atoms with Crippen LogP contribution in [0.25, 0.3) is 0 Å². The number of amides is 1. The van der Waals surface area contributed by atoms with Crippen molar-refractivity contribution in [2.75, 3.05) is 32.7 Å². The highest BCUT2D eigenvalue weighted by Gasteiger charge is 2.22. The molecule has 31 heavy (non-hydrogen) atoms. The maximum Gasteiger partial charge on any atom is 0.240 e. The Morgan fingerprint density at radius 3 is 2.32 bits per heavy atom. The first-order valence-electron chi connectivity index (χ1n) is 10.6. The molecule has 7 nitrogen and oxygen atoms in total. The number of sulfonamides is 1. The first-order valence-corrected chi connectivity index (χ1v) is 12.1. The fraction of sp³-hybridized carbons (Fsp3) is 0.478. The highest BCUT2D eigenvalue weighted by atomic mass is 32.2. The molecule has 1 saturated heterocycles. The van der Waals surface area contributed by atoms with E-state index in [1.54, 1.807) is 18.3 Å². The van der Waals surface area contributed by atoms with Crippen LogP contribution in [-0.4, -0.2) is 61.8 Å². The van der Waals surface area contributed by atoms with Crippen LogP contribution in [0, 0.1) is 0 Å². The van der Waals surface area contributed by atoms with Gasteiger partial charge in [0.25, 0.3) is 0 Å². The van der Waals surface area contributed by atoms with Crippen molar-refractivity contribution in [1.29, 1.82) is 0 Å². The molecule has 0 unspecified atom stereocenters. The molecule has 1 aromatic heterocycles. The van der Waals surface area contributed by atoms with E-state index < -0.39 is 10.0 Å². The molecule has 0 bridgehead atoms. The minimum Gasteiger partial charge on any atom is -0.340 e. The molecular formula is C23H32N4O3S. The van der Waals surface area contributed by atoms with Gasteiger partial charge in [-0.3, -0.25) is 14.7 Å². The van der Waals surface area contributed by atoms with E-state index in [-0.39, 0.29) is 29.2 Å². The highest BCUT2D eigenvalue weighted by molar-refractivity contribution is 7.89. The van der Waals surface area contributed by atoms with Crippen molar-refractivity contribution in [1.82, 2.24) is 19.5 Å². The Labute approximate surface area is 185 Å². The van der Waals surface area contributed by atoms with E-state index >= 15 is 0 Å². The molecule has 1 amide bonds. The molecule has 1 aromatic carbocycles. The molecule has 0 atom stereocenters. The Hall–Kier alpha value is -2.29. The number of nitrogens with one attached hydrogen (secondary N) is 1. The monoisotopic (exact) mass is 444 g/mol. The third-order valence-corrected chi connectivity index (χ3v) is 6.99. The van der Waals surface area contributed by atoms with Crippen LogP contribution in [0.4, 0.5) is 0 Å². The molecule has 1 fully saturated rings. The van der Waals surface area contributed by atoms with Gasteiger partial charge in [-0.15, -0.1) is 0 Å². The fourth-order valence-corrected chi connectivity index (χ4v) is 4.60. The highest BCUT2D eigenvalue weighted by Crippen LogP contribution is 2.23. The predicted octanol–water partition coefficient (Wildman–Crippen LogP) is 2.39. The summed E-state index contributed by atoms with van der Waals surface area (Å²) < 4.78 is 27.6. The van der Waals surface area contributed by atoms with Crippen LogP contribution in [0.5, 0.6) is 0 Å². The van der Waals surface area contributed by atoms with Gasteiger partial charge < -0.3 is 4.90 Å². The van der Waals surface area contributed by atoms with Crippen LogP contribution >= 0.6 is 0 Å². The van der Waals surface area contributed by atoms with Crippen LogP contribution in [0.2, 0.25) is 0 Å². The van der Waals surface area contributed by atoms with Gasteiger partial charge in [0.2, 0.25) is 15.9 Å². The molecule has 168 valence electrons. The van der Waals surface area contributed by atoms with Gasteiger partial charge in [0.15, 0.2) is 0 Å². The molecule has 0 spiro atoms. The maximum atomic E-state index is 12.5. The third kappa shape index (κ3) is 6.59. The number of rotatable bonds is 7. The zero-order valence-corrected chi connectivity index (χ0v) is 19.4. The van der Waals surface area contributed by atoms with Gasteiger partial charge in [0, 0.05) is 58.1 Å². The van der Waals surface area contributed by atoms with Gasteiger partial charge in [-0.05, 0) is 34.7 Å². The van der Waals surface area contributed by atoms with Crippen molar-refractivity contribution >= 4 is 15.9 Å². The van der Waals surface area contributed by atoms with E-state index in [1.807, 2.05) is 35.4 Å². The average Bonchev–Trinajstić information content (AvgIpc) is 2.74. The molecule has 1 N–H and O–H groups in total. The largest absolute Gasteiger partial charge is 0.340 e. The van der Waals surface area contributed by atoms with Crippen molar-refractivity contribution in [3.63, 3.8) is 0 Å². The van der Waals surface area contributed by atoms with Crippen molar-refractivity contribution in [3.05, 3.63) is 59.9 Å². The van der Waals surface area contributed by atoms with Gasteiger partial charge in [0.05, 0.1) is 4.90 Å². The van der Waals surface area contributed by atoms with Crippen molar-refractivity contribution in [2.24, 2.45) is 0 Å². The van der Waals surface area contributed by atoms with Crippen LogP contribution in [-0.2, 0) is 26.8 Å². The first kappa shape index (κ1) is 23.4. The minimum atomic E-state index is -3.63. The second kappa shape index (κ2) is 9.89. The Balaban J connectivity index is 1.43. The Kier molecular flexibility index (Phi) is 7.46. The summed E-state index contributed by atoms with van der Waals surface area (Å²) in [5.74, 6) is -0.0215. The summed E-state index contributed by atoms with van der Waals surface area (Å²) in [6.07, 6.45) is 3.78. The molecule has 0 aliphatic carbocycles. The van der Waals surface area contributed by atoms with E-state index in [1.165, 1.54) is 0 Å². The van der Waals surface area contributed by atoms with Crippen molar-refractivity contribution in [2.45, 2.75) is 44.0 Å². The average molecular weight is 445 g/mol. The zero-order chi connectivity index (χ0) is 22.5. The lowest BCUT2D eigenvalue weighted by molar-refractivity contribution is -0.132. The van der Waals surface area contributed by atoms with Crippen LogP contribution in [0.3, 0.4) is 0 Å². The number of benzene rings is 1. The zero-order valence-electron chi connectivity index (χ0n) is 18.5. The minimum absolute atomic E-state index is 0.0215. The molecule has 1 aliphatic rings. The molecule has 2 heterocycles. The van der Waals surface area contributed by atoms with Crippen LogP contribution in [0.15, 0.2) is 53.7 Å². The maximum absolute atomic E-state index is 12.5. The van der Waals surface area contributed by atoms with Gasteiger partial charge in [-0.1, -0.05) is 39.0 Å². The number of hydrogen-bond donors (Lipinski definition) is 1. The summed E-state index contributed by atoms with van der Waals surface area (Å²) in [6, 6.07) is 10.9. The summed E-state index contributed by atoms with van der Waals surface area (Å²) >= 11 is 0. The summed E-state index contributed by atoms with van der Waals surface area (Å²) in [4.78, 5) is 21.0. The topological polar surface area (TPSA) is 82.6 Å². The lowest BCUT2D eigenvalue weighted by atomic mass is 9.87. The lowest BCUT2D eigenvalue weighted by Crippen LogP contribution is -2.48. The van der Waals surface area contributed by atoms with Crippen molar-refractivity contribution < 1.29 is 13.2 Å². The van der Waals surface area contributed by atoms with Gasteiger partial charge in [0.1, 0.15) is 0 Å². The van der Waals surface area contributed by atoms with E-state index in [2.05, 4.69) is 35.4 Å². The second-order valence-corrected chi connectivity index (χ2v) is 10.7. The van der Waals surface area contributed by atoms with E-state index in [0.29, 0.717) is 13.1 Å². The van der Waals surface area contributed by atoms with Crippen LogP contribution < -0.4 is 4.72 Å². The first-order chi connectivity index (χ1) is 14.6. The predicted molar refractivity (Wildman–Crippen MR) is 121 cm³/mol. The number of piperazine rings is 1. The van der Waals surface area contributed by atoms with Gasteiger partial charge in [-0.25, -0.2) is 13.1 Å². The Morgan fingerprint density at radius 2 is 1.74 bits per heavy atom. The fourth-order valence-electron chi connectivity index (χ4n) is 3.57. The number of aromatic nitrogens is 1. The number of carbonyl (C=O) groups is 1. The molecule has 3 rings (SSSR count). The van der Waals surface area contributed by atoms with Gasteiger partial charge >= 0.3 is 0 Å². The van der Waals surface area contributed by atoms with Crippen molar-refractivity contribution in [3.8, 4) is 0 Å². The number of hydrogen-bond acceptors (Lipinski definition) is 5. The summed E-state index contributed by atoms with van der Waals surface area (Å²) in [6.45, 7) is 10.1. The van der Waals surface area contributed by atoms with E-state index in [0.717, 1.165) is 30.8 Å². The third-order valence-electron chi connectivity index (χ3n) is 5.52. The normalized spacial score (nSPS) is 15.8.